The first-order valence-corrected chi connectivity index (χ1v) is 5.88. The van der Waals surface area contributed by atoms with Gasteiger partial charge in [-0.1, -0.05) is 0 Å². The van der Waals surface area contributed by atoms with Crippen LogP contribution in [0.5, 0.6) is 0 Å². The second kappa shape index (κ2) is 5.22. The fourth-order valence-corrected chi connectivity index (χ4v) is 2.25. The van der Waals surface area contributed by atoms with Crippen LogP contribution in [0.4, 0.5) is 0 Å². The van der Waals surface area contributed by atoms with Gasteiger partial charge >= 0.3 is 5.97 Å². The molecule has 1 amide bonds. The van der Waals surface area contributed by atoms with Crippen LogP contribution in [0.2, 0.25) is 0 Å². The van der Waals surface area contributed by atoms with Gasteiger partial charge in [-0.05, 0) is 25.5 Å². The number of carboxylic acids is 1. The summed E-state index contributed by atoms with van der Waals surface area (Å²) in [5.74, 6) is -0.435. The average molecular weight is 252 g/mol. The van der Waals surface area contributed by atoms with Crippen molar-refractivity contribution in [2.24, 2.45) is 0 Å². The first-order chi connectivity index (χ1) is 8.61. The predicted molar refractivity (Wildman–Crippen MR) is 63.2 cm³/mol. The molecule has 18 heavy (non-hydrogen) atoms. The van der Waals surface area contributed by atoms with Gasteiger partial charge in [0.15, 0.2) is 0 Å². The van der Waals surface area contributed by atoms with Crippen molar-refractivity contribution < 1.29 is 19.1 Å². The Balaban J connectivity index is 2.03. The number of carbonyl (C=O) groups is 2. The van der Waals surface area contributed by atoms with E-state index >= 15 is 0 Å². The summed E-state index contributed by atoms with van der Waals surface area (Å²) in [6.07, 6.45) is 3.01. The van der Waals surface area contributed by atoms with E-state index in [0.717, 1.165) is 19.4 Å². The van der Waals surface area contributed by atoms with Crippen molar-refractivity contribution >= 4 is 11.9 Å². The van der Waals surface area contributed by atoms with Crippen LogP contribution in [-0.2, 0) is 11.3 Å². The lowest BCUT2D eigenvalue weighted by Gasteiger charge is -2.21. The molecule has 2 heterocycles. The molecule has 98 valence electrons. The van der Waals surface area contributed by atoms with Gasteiger partial charge in [0.2, 0.25) is 5.91 Å². The van der Waals surface area contributed by atoms with Gasteiger partial charge in [-0.2, -0.15) is 0 Å². The molecule has 6 nitrogen and oxygen atoms in total. The zero-order chi connectivity index (χ0) is 13.1. The monoisotopic (exact) mass is 252 g/mol. The molecule has 2 rings (SSSR count). The van der Waals surface area contributed by atoms with Gasteiger partial charge in [0.05, 0.1) is 18.2 Å². The fraction of sp³-hybridized carbons (Fsp3) is 0.500. The Labute approximate surface area is 105 Å². The van der Waals surface area contributed by atoms with Gasteiger partial charge in [-0.3, -0.25) is 9.69 Å². The highest BCUT2D eigenvalue weighted by Gasteiger charge is 2.30. The number of likely N-dealkylation sites (tertiary alicyclic amines) is 1. The number of aromatic carboxylic acids is 1. The molecule has 0 aliphatic carbocycles. The Morgan fingerprint density at radius 2 is 2.39 bits per heavy atom. The van der Waals surface area contributed by atoms with Crippen molar-refractivity contribution in [3.05, 3.63) is 23.7 Å². The van der Waals surface area contributed by atoms with Crippen LogP contribution >= 0.6 is 0 Å². The lowest BCUT2D eigenvalue weighted by atomic mass is 10.2. The molecule has 1 aromatic rings. The number of carbonyl (C=O) groups excluding carboxylic acids is 1. The number of hydrogen-bond acceptors (Lipinski definition) is 4. The third-order valence-electron chi connectivity index (χ3n) is 3.17. The minimum atomic E-state index is -1.01. The largest absolute Gasteiger partial charge is 0.478 e. The second-order valence-corrected chi connectivity index (χ2v) is 4.35. The standard InChI is InChI=1S/C12H16N2O4/c1-13-11(15)10-3-2-4-14(10)6-9-5-8(7-18-9)12(16)17/h5,7,10H,2-4,6H2,1H3,(H,13,15)(H,16,17). The Kier molecular flexibility index (Phi) is 3.66. The molecule has 0 spiro atoms. The third kappa shape index (κ3) is 2.53. The van der Waals surface area contributed by atoms with E-state index in [9.17, 15) is 9.59 Å². The second-order valence-electron chi connectivity index (χ2n) is 4.35. The molecule has 0 radical (unpaired) electrons. The van der Waals surface area contributed by atoms with Crippen molar-refractivity contribution in [1.29, 1.82) is 0 Å². The van der Waals surface area contributed by atoms with E-state index in [1.54, 1.807) is 7.05 Å². The van der Waals surface area contributed by atoms with Crippen molar-refractivity contribution in [2.75, 3.05) is 13.6 Å². The van der Waals surface area contributed by atoms with Gasteiger partial charge in [0, 0.05) is 7.05 Å². The summed E-state index contributed by atoms with van der Waals surface area (Å²) in [6.45, 7) is 1.28. The van der Waals surface area contributed by atoms with E-state index < -0.39 is 5.97 Å². The number of nitrogens with one attached hydrogen (secondary N) is 1. The van der Waals surface area contributed by atoms with Crippen LogP contribution < -0.4 is 5.32 Å². The van der Waals surface area contributed by atoms with E-state index in [1.807, 2.05) is 4.90 Å². The number of amides is 1. The molecule has 0 saturated carbocycles. The van der Waals surface area contributed by atoms with E-state index in [4.69, 9.17) is 9.52 Å². The Morgan fingerprint density at radius 3 is 3.00 bits per heavy atom. The predicted octanol–water partition coefficient (Wildman–Crippen LogP) is 0.688. The lowest BCUT2D eigenvalue weighted by Crippen LogP contribution is -2.41. The first-order valence-electron chi connectivity index (χ1n) is 5.88. The van der Waals surface area contributed by atoms with Gasteiger partial charge in [-0.15, -0.1) is 0 Å². The van der Waals surface area contributed by atoms with Crippen LogP contribution in [0.15, 0.2) is 16.7 Å². The van der Waals surface area contributed by atoms with Gasteiger partial charge in [0.1, 0.15) is 12.0 Å². The number of nitrogens with zero attached hydrogens (tertiary/aromatic N) is 1. The Hall–Kier alpha value is -1.82. The van der Waals surface area contributed by atoms with E-state index in [-0.39, 0.29) is 17.5 Å². The zero-order valence-electron chi connectivity index (χ0n) is 10.2. The smallest absolute Gasteiger partial charge is 0.338 e. The minimum Gasteiger partial charge on any atom is -0.478 e. The van der Waals surface area contributed by atoms with Gasteiger partial charge in [0.25, 0.3) is 0 Å². The zero-order valence-corrected chi connectivity index (χ0v) is 10.2. The number of rotatable bonds is 4. The third-order valence-corrected chi connectivity index (χ3v) is 3.17. The normalized spacial score (nSPS) is 19.9. The van der Waals surface area contributed by atoms with Gasteiger partial charge in [-0.25, -0.2) is 4.79 Å². The fourth-order valence-electron chi connectivity index (χ4n) is 2.25. The average Bonchev–Trinajstić information content (AvgIpc) is 2.97. The highest BCUT2D eigenvalue weighted by Crippen LogP contribution is 2.21. The number of carboxylic acid groups (broad SMARTS) is 1. The minimum absolute atomic E-state index is 0.00230. The molecule has 1 saturated heterocycles. The SMILES string of the molecule is CNC(=O)C1CCCN1Cc1cc(C(=O)O)co1. The number of likely N-dealkylation sites (N-methyl/N-ethyl adjacent to an activating group) is 1. The van der Waals surface area contributed by atoms with Crippen LogP contribution in [-0.4, -0.2) is 41.5 Å². The first kappa shape index (κ1) is 12.6. The molecule has 2 N–H and O–H groups in total. The molecule has 1 aromatic heterocycles. The topological polar surface area (TPSA) is 82.8 Å². The molecule has 0 bridgehead atoms. The maximum absolute atomic E-state index is 11.7. The van der Waals surface area contributed by atoms with E-state index in [2.05, 4.69) is 5.32 Å². The van der Waals surface area contributed by atoms with Gasteiger partial charge < -0.3 is 14.8 Å². The molecule has 1 aliphatic heterocycles. The highest BCUT2D eigenvalue weighted by molar-refractivity contribution is 5.87. The summed E-state index contributed by atoms with van der Waals surface area (Å²) >= 11 is 0. The van der Waals surface area contributed by atoms with Crippen molar-refractivity contribution in [1.82, 2.24) is 10.2 Å². The maximum Gasteiger partial charge on any atom is 0.338 e. The number of hydrogen-bond donors (Lipinski definition) is 2. The maximum atomic E-state index is 11.7. The Bertz CT molecular complexity index is 455. The number of furan rings is 1. The highest BCUT2D eigenvalue weighted by atomic mass is 16.4. The van der Waals surface area contributed by atoms with Crippen molar-refractivity contribution in [3.63, 3.8) is 0 Å². The van der Waals surface area contributed by atoms with E-state index in [1.165, 1.54) is 12.3 Å². The molecular formula is C12H16N2O4. The van der Waals surface area contributed by atoms with Crippen molar-refractivity contribution in [2.45, 2.75) is 25.4 Å². The molecule has 1 aliphatic rings. The summed E-state index contributed by atoms with van der Waals surface area (Å²) in [5, 5.41) is 11.4. The molecule has 1 unspecified atom stereocenters. The molecular weight excluding hydrogens is 236 g/mol. The van der Waals surface area contributed by atoms with Crippen LogP contribution in [0.25, 0.3) is 0 Å². The Morgan fingerprint density at radius 1 is 1.61 bits per heavy atom. The molecule has 0 aromatic carbocycles. The lowest BCUT2D eigenvalue weighted by molar-refractivity contribution is -0.125. The summed E-state index contributed by atoms with van der Waals surface area (Å²) in [5.41, 5.74) is 0.140. The molecule has 1 fully saturated rings. The molecule has 1 atom stereocenters. The van der Waals surface area contributed by atoms with Crippen LogP contribution in [0.1, 0.15) is 29.0 Å². The summed E-state index contributed by atoms with van der Waals surface area (Å²) in [4.78, 5) is 24.4. The summed E-state index contributed by atoms with van der Waals surface area (Å²) in [7, 11) is 1.62. The van der Waals surface area contributed by atoms with Crippen LogP contribution in [0.3, 0.4) is 0 Å². The molecule has 6 heteroatoms. The summed E-state index contributed by atoms with van der Waals surface area (Å²) in [6, 6.07) is 1.36. The quantitative estimate of drug-likeness (QED) is 0.823. The van der Waals surface area contributed by atoms with Crippen LogP contribution in [0, 0.1) is 0 Å². The summed E-state index contributed by atoms with van der Waals surface area (Å²) < 4.78 is 5.20. The van der Waals surface area contributed by atoms with Crippen molar-refractivity contribution in [3.8, 4) is 0 Å². The van der Waals surface area contributed by atoms with E-state index in [0.29, 0.717) is 12.3 Å².